The molecule has 0 aromatic carbocycles. The number of amides is 2. The van der Waals surface area contributed by atoms with Gasteiger partial charge in [0.25, 0.3) is 0 Å². The summed E-state index contributed by atoms with van der Waals surface area (Å²) in [7, 11) is 0. The number of aliphatic hydroxyl groups excluding tert-OH is 1. The predicted octanol–water partition coefficient (Wildman–Crippen LogP) is 3.87. The SMILES string of the molecule is C=CCCCCOC(=O)[C@@H]1[C@H]2C(=O)N([C@@H](CO)[C@@H](C)CC)C(C(=O)N(CC=C)C(C)C)C23CC[C@@]1(CC)O3. The molecule has 0 aromatic heterocycles. The number of unbranched alkanes of at least 4 members (excludes halogenated alkanes) is 2. The predicted molar refractivity (Wildman–Crippen MR) is 146 cm³/mol. The summed E-state index contributed by atoms with van der Waals surface area (Å²) in [6, 6.07) is -1.61. The van der Waals surface area contributed by atoms with E-state index in [2.05, 4.69) is 13.2 Å². The number of carbonyl (C=O) groups is 3. The van der Waals surface area contributed by atoms with Crippen molar-refractivity contribution in [1.29, 1.82) is 0 Å². The van der Waals surface area contributed by atoms with Crippen molar-refractivity contribution in [2.75, 3.05) is 19.8 Å². The molecule has 3 rings (SSSR count). The van der Waals surface area contributed by atoms with E-state index in [1.165, 1.54) is 0 Å². The molecule has 3 fully saturated rings. The summed E-state index contributed by atoms with van der Waals surface area (Å²) in [6.07, 6.45) is 8.31. The number of ether oxygens (including phenoxy) is 2. The van der Waals surface area contributed by atoms with Crippen LogP contribution in [0.3, 0.4) is 0 Å². The molecule has 3 saturated heterocycles. The zero-order valence-electron chi connectivity index (χ0n) is 24.0. The molecule has 3 aliphatic heterocycles. The van der Waals surface area contributed by atoms with Gasteiger partial charge in [-0.25, -0.2) is 0 Å². The van der Waals surface area contributed by atoms with Gasteiger partial charge in [0.15, 0.2) is 0 Å². The topological polar surface area (TPSA) is 96.4 Å². The summed E-state index contributed by atoms with van der Waals surface area (Å²) in [5, 5.41) is 10.5. The van der Waals surface area contributed by atoms with Crippen LogP contribution in [-0.4, -0.2) is 81.8 Å². The van der Waals surface area contributed by atoms with Crippen molar-refractivity contribution in [2.45, 2.75) is 109 Å². The molecule has 3 aliphatic rings. The van der Waals surface area contributed by atoms with Gasteiger partial charge in [-0.3, -0.25) is 14.4 Å². The molecule has 2 amide bonds. The van der Waals surface area contributed by atoms with E-state index >= 15 is 0 Å². The molecule has 8 heteroatoms. The fourth-order valence-corrected chi connectivity index (χ4v) is 6.97. The maximum Gasteiger partial charge on any atom is 0.312 e. The Bertz CT molecular complexity index is 905. The van der Waals surface area contributed by atoms with Crippen LogP contribution in [0, 0.1) is 17.8 Å². The second-order valence-corrected chi connectivity index (χ2v) is 11.5. The number of aliphatic hydroxyl groups is 1. The van der Waals surface area contributed by atoms with Crippen LogP contribution in [0.5, 0.6) is 0 Å². The molecule has 1 spiro atoms. The van der Waals surface area contributed by atoms with Crippen LogP contribution in [0.1, 0.15) is 79.6 Å². The Morgan fingerprint density at radius 2 is 1.92 bits per heavy atom. The summed E-state index contributed by atoms with van der Waals surface area (Å²) < 4.78 is 12.6. The van der Waals surface area contributed by atoms with Crippen LogP contribution in [0.2, 0.25) is 0 Å². The van der Waals surface area contributed by atoms with Gasteiger partial charge in [-0.15, -0.1) is 13.2 Å². The highest BCUT2D eigenvalue weighted by Gasteiger charge is 2.79. The van der Waals surface area contributed by atoms with Gasteiger partial charge in [0, 0.05) is 12.6 Å². The monoisotopic (exact) mass is 532 g/mol. The summed E-state index contributed by atoms with van der Waals surface area (Å²) in [6.45, 7) is 17.7. The zero-order chi connectivity index (χ0) is 28.3. The zero-order valence-corrected chi connectivity index (χ0v) is 24.0. The molecular formula is C30H48N2O6. The molecule has 7 atom stereocenters. The minimum Gasteiger partial charge on any atom is -0.465 e. The number of hydrogen-bond donors (Lipinski definition) is 1. The van der Waals surface area contributed by atoms with Gasteiger partial charge in [-0.2, -0.15) is 0 Å². The first-order chi connectivity index (χ1) is 18.1. The molecule has 3 heterocycles. The van der Waals surface area contributed by atoms with Gasteiger partial charge in [0.2, 0.25) is 11.8 Å². The average Bonchev–Trinajstić information content (AvgIpc) is 3.50. The van der Waals surface area contributed by atoms with Crippen molar-refractivity contribution in [1.82, 2.24) is 9.80 Å². The summed E-state index contributed by atoms with van der Waals surface area (Å²) in [5.41, 5.74) is -1.97. The lowest BCUT2D eigenvalue weighted by Crippen LogP contribution is -2.60. The van der Waals surface area contributed by atoms with Gasteiger partial charge in [-0.05, 0) is 58.3 Å². The third-order valence-electron chi connectivity index (χ3n) is 9.23. The van der Waals surface area contributed by atoms with E-state index in [0.29, 0.717) is 32.2 Å². The van der Waals surface area contributed by atoms with E-state index in [-0.39, 0.29) is 37.0 Å². The Kier molecular flexibility index (Phi) is 9.85. The number of allylic oxidation sites excluding steroid dienone is 1. The van der Waals surface area contributed by atoms with E-state index in [1.807, 2.05) is 40.7 Å². The van der Waals surface area contributed by atoms with E-state index in [9.17, 15) is 19.5 Å². The summed E-state index contributed by atoms with van der Waals surface area (Å²) in [5.74, 6) is -2.57. The van der Waals surface area contributed by atoms with Crippen molar-refractivity contribution >= 4 is 17.8 Å². The normalized spacial score (nSPS) is 31.3. The number of esters is 1. The van der Waals surface area contributed by atoms with E-state index in [0.717, 1.165) is 19.3 Å². The summed E-state index contributed by atoms with van der Waals surface area (Å²) in [4.78, 5) is 45.6. The third-order valence-corrected chi connectivity index (χ3v) is 9.23. The second kappa shape index (κ2) is 12.3. The molecule has 0 saturated carbocycles. The molecule has 1 N–H and O–H groups in total. The Labute approximate surface area is 228 Å². The van der Waals surface area contributed by atoms with Gasteiger partial charge >= 0.3 is 5.97 Å². The van der Waals surface area contributed by atoms with Crippen molar-refractivity contribution in [3.8, 4) is 0 Å². The first-order valence-corrected chi connectivity index (χ1v) is 14.4. The Morgan fingerprint density at radius 3 is 2.47 bits per heavy atom. The van der Waals surface area contributed by atoms with E-state index < -0.39 is 41.1 Å². The lowest BCUT2D eigenvalue weighted by molar-refractivity contribution is -0.164. The molecule has 38 heavy (non-hydrogen) atoms. The van der Waals surface area contributed by atoms with Crippen LogP contribution in [-0.2, 0) is 23.9 Å². The van der Waals surface area contributed by atoms with Crippen molar-refractivity contribution in [3.63, 3.8) is 0 Å². The first kappa shape index (κ1) is 30.4. The van der Waals surface area contributed by atoms with Gasteiger partial charge in [0.1, 0.15) is 17.6 Å². The van der Waals surface area contributed by atoms with E-state index in [1.54, 1.807) is 15.9 Å². The van der Waals surface area contributed by atoms with Gasteiger partial charge in [0.05, 0.1) is 30.8 Å². The molecule has 0 aromatic rings. The molecule has 8 nitrogen and oxygen atoms in total. The minimum absolute atomic E-state index is 0.0472. The minimum atomic E-state index is -1.13. The van der Waals surface area contributed by atoms with Crippen LogP contribution in [0.15, 0.2) is 25.3 Å². The molecule has 0 radical (unpaired) electrons. The van der Waals surface area contributed by atoms with Crippen LogP contribution >= 0.6 is 0 Å². The van der Waals surface area contributed by atoms with Crippen molar-refractivity contribution in [2.24, 2.45) is 17.8 Å². The first-order valence-electron chi connectivity index (χ1n) is 14.4. The third kappa shape index (κ3) is 4.94. The molecule has 2 unspecified atom stereocenters. The fraction of sp³-hybridized carbons (Fsp3) is 0.767. The van der Waals surface area contributed by atoms with E-state index in [4.69, 9.17) is 9.47 Å². The Hall–Kier alpha value is -2.19. The van der Waals surface area contributed by atoms with Crippen LogP contribution in [0.4, 0.5) is 0 Å². The van der Waals surface area contributed by atoms with Crippen LogP contribution < -0.4 is 0 Å². The van der Waals surface area contributed by atoms with Crippen molar-refractivity contribution < 1.29 is 29.0 Å². The number of rotatable bonds is 15. The highest BCUT2D eigenvalue weighted by Crippen LogP contribution is 2.65. The summed E-state index contributed by atoms with van der Waals surface area (Å²) >= 11 is 0. The van der Waals surface area contributed by atoms with Gasteiger partial charge in [-0.1, -0.05) is 39.3 Å². The smallest absolute Gasteiger partial charge is 0.312 e. The Morgan fingerprint density at radius 1 is 1.21 bits per heavy atom. The molecular weight excluding hydrogens is 484 g/mol. The lowest BCUT2D eigenvalue weighted by atomic mass is 9.65. The van der Waals surface area contributed by atoms with Crippen molar-refractivity contribution in [3.05, 3.63) is 25.3 Å². The number of fused-ring (bicyclic) bond motifs is 1. The number of carbonyl (C=O) groups excluding carboxylic acids is 3. The fourth-order valence-electron chi connectivity index (χ4n) is 6.97. The number of nitrogens with zero attached hydrogens (tertiary/aromatic N) is 2. The standard InChI is InChI=1S/C30H48N2O6/c1-8-12-13-14-18-37-28(36)24-23-26(34)32(22(19-33)21(7)10-3)25(27(35)31(17-9-2)20(5)6)30(23)16-15-29(24,11-4)38-30/h8-9,20-25,33H,1-2,10-19H2,3-7H3/t21-,22-,23-,24-,25?,29+,30?/m0/s1. The highest BCUT2D eigenvalue weighted by molar-refractivity contribution is 5.99. The average molecular weight is 533 g/mol. The Balaban J connectivity index is 2.07. The molecule has 2 bridgehead atoms. The molecule has 214 valence electrons. The van der Waals surface area contributed by atoms with Gasteiger partial charge < -0.3 is 24.4 Å². The quantitative estimate of drug-likeness (QED) is 0.195. The van der Waals surface area contributed by atoms with Crippen LogP contribution in [0.25, 0.3) is 0 Å². The highest BCUT2D eigenvalue weighted by atomic mass is 16.6. The lowest BCUT2D eigenvalue weighted by Gasteiger charge is -2.42. The second-order valence-electron chi connectivity index (χ2n) is 11.5. The maximum absolute atomic E-state index is 14.4. The maximum atomic E-state index is 14.4. The number of hydrogen-bond acceptors (Lipinski definition) is 6. The largest absolute Gasteiger partial charge is 0.465 e. The number of likely N-dealkylation sites (tertiary alicyclic amines) is 1. The molecule has 0 aliphatic carbocycles.